The second kappa shape index (κ2) is 10.3. The molecule has 3 rings (SSSR count). The van der Waals surface area contributed by atoms with Gasteiger partial charge in [0, 0.05) is 12.7 Å². The van der Waals surface area contributed by atoms with Crippen LogP contribution in [0.3, 0.4) is 0 Å². The van der Waals surface area contributed by atoms with E-state index in [2.05, 4.69) is 32.4 Å². The molecule has 0 atom stereocenters. The van der Waals surface area contributed by atoms with Crippen molar-refractivity contribution in [3.8, 4) is 0 Å². The number of aromatic nitrogens is 4. The van der Waals surface area contributed by atoms with Crippen LogP contribution < -0.4 is 10.6 Å². The van der Waals surface area contributed by atoms with Crippen molar-refractivity contribution in [2.75, 3.05) is 11.1 Å². The van der Waals surface area contributed by atoms with Crippen LogP contribution in [0.25, 0.3) is 0 Å². The van der Waals surface area contributed by atoms with Crippen LogP contribution in [0, 0.1) is 5.82 Å². The number of halogens is 1. The summed E-state index contributed by atoms with van der Waals surface area (Å²) >= 11 is 1.20. The SMILES string of the molecule is C=CCn1c(CNC(=O)c2ccccc2F)nnc1SCC(=O)Nc1cccnc1. The summed E-state index contributed by atoms with van der Waals surface area (Å²) in [6, 6.07) is 9.20. The molecule has 8 nitrogen and oxygen atoms in total. The van der Waals surface area contributed by atoms with Gasteiger partial charge < -0.3 is 15.2 Å². The van der Waals surface area contributed by atoms with Crippen molar-refractivity contribution < 1.29 is 14.0 Å². The van der Waals surface area contributed by atoms with Gasteiger partial charge in [-0.05, 0) is 24.3 Å². The molecule has 0 aliphatic heterocycles. The molecule has 0 aliphatic rings. The molecular weight excluding hydrogens is 407 g/mol. The van der Waals surface area contributed by atoms with E-state index >= 15 is 0 Å². The lowest BCUT2D eigenvalue weighted by atomic mass is 10.2. The molecule has 1 aromatic carbocycles. The van der Waals surface area contributed by atoms with Crippen LogP contribution in [0.2, 0.25) is 0 Å². The van der Waals surface area contributed by atoms with E-state index in [1.807, 2.05) is 0 Å². The Balaban J connectivity index is 1.61. The highest BCUT2D eigenvalue weighted by Gasteiger charge is 2.16. The maximum atomic E-state index is 13.7. The number of benzene rings is 1. The van der Waals surface area contributed by atoms with Gasteiger partial charge in [0.1, 0.15) is 5.82 Å². The number of allylic oxidation sites excluding steroid dienone is 1. The molecule has 3 aromatic rings. The molecule has 0 aliphatic carbocycles. The number of hydrogen-bond donors (Lipinski definition) is 2. The molecule has 154 valence electrons. The summed E-state index contributed by atoms with van der Waals surface area (Å²) in [5, 5.41) is 14.1. The number of carbonyl (C=O) groups is 2. The van der Waals surface area contributed by atoms with E-state index in [0.717, 1.165) is 0 Å². The summed E-state index contributed by atoms with van der Waals surface area (Å²) < 4.78 is 15.5. The largest absolute Gasteiger partial charge is 0.345 e. The van der Waals surface area contributed by atoms with E-state index in [9.17, 15) is 14.0 Å². The monoisotopic (exact) mass is 426 g/mol. The van der Waals surface area contributed by atoms with Crippen molar-refractivity contribution in [2.24, 2.45) is 0 Å². The van der Waals surface area contributed by atoms with Gasteiger partial charge in [-0.3, -0.25) is 14.6 Å². The number of amides is 2. The summed E-state index contributed by atoms with van der Waals surface area (Å²) in [4.78, 5) is 28.3. The zero-order valence-corrected chi connectivity index (χ0v) is 16.7. The third kappa shape index (κ3) is 5.51. The molecule has 2 N–H and O–H groups in total. The summed E-state index contributed by atoms with van der Waals surface area (Å²) in [5.41, 5.74) is 0.557. The lowest BCUT2D eigenvalue weighted by Gasteiger charge is -2.09. The number of nitrogens with zero attached hydrogens (tertiary/aromatic N) is 4. The molecule has 0 saturated carbocycles. The van der Waals surface area contributed by atoms with Gasteiger partial charge in [-0.1, -0.05) is 30.0 Å². The van der Waals surface area contributed by atoms with E-state index in [-0.39, 0.29) is 23.8 Å². The Bertz CT molecular complexity index is 1040. The van der Waals surface area contributed by atoms with E-state index in [1.54, 1.807) is 41.2 Å². The molecule has 2 aromatic heterocycles. The molecule has 0 spiro atoms. The smallest absolute Gasteiger partial charge is 0.254 e. The highest BCUT2D eigenvalue weighted by Crippen LogP contribution is 2.18. The van der Waals surface area contributed by atoms with Gasteiger partial charge >= 0.3 is 0 Å². The Morgan fingerprint density at radius 3 is 2.77 bits per heavy atom. The van der Waals surface area contributed by atoms with Crippen LogP contribution in [0.15, 0.2) is 66.6 Å². The zero-order chi connectivity index (χ0) is 21.3. The van der Waals surface area contributed by atoms with Gasteiger partial charge in [0.05, 0.1) is 29.7 Å². The number of nitrogens with one attached hydrogen (secondary N) is 2. The number of anilines is 1. The van der Waals surface area contributed by atoms with Crippen LogP contribution in [0.1, 0.15) is 16.2 Å². The third-order valence-electron chi connectivity index (χ3n) is 3.91. The van der Waals surface area contributed by atoms with Gasteiger partial charge in [0.25, 0.3) is 5.91 Å². The lowest BCUT2D eigenvalue weighted by Crippen LogP contribution is -2.25. The zero-order valence-electron chi connectivity index (χ0n) is 15.9. The summed E-state index contributed by atoms with van der Waals surface area (Å²) in [6.07, 6.45) is 4.83. The van der Waals surface area contributed by atoms with Crippen LogP contribution >= 0.6 is 11.8 Å². The number of thioether (sulfide) groups is 1. The maximum absolute atomic E-state index is 13.7. The molecule has 0 bridgehead atoms. The van der Waals surface area contributed by atoms with E-state index < -0.39 is 11.7 Å². The van der Waals surface area contributed by atoms with Gasteiger partial charge in [0.2, 0.25) is 5.91 Å². The molecule has 30 heavy (non-hydrogen) atoms. The van der Waals surface area contributed by atoms with E-state index in [4.69, 9.17) is 0 Å². The van der Waals surface area contributed by atoms with Crippen molar-refractivity contribution in [3.63, 3.8) is 0 Å². The van der Waals surface area contributed by atoms with Gasteiger partial charge in [-0.25, -0.2) is 4.39 Å². The van der Waals surface area contributed by atoms with Gasteiger partial charge in [-0.15, -0.1) is 16.8 Å². The highest BCUT2D eigenvalue weighted by atomic mass is 32.2. The average molecular weight is 426 g/mol. The average Bonchev–Trinajstić information content (AvgIpc) is 3.13. The predicted molar refractivity (Wildman–Crippen MR) is 111 cm³/mol. The number of hydrogen-bond acceptors (Lipinski definition) is 6. The first-order chi connectivity index (χ1) is 14.6. The minimum atomic E-state index is -0.599. The van der Waals surface area contributed by atoms with Crippen LogP contribution in [-0.4, -0.2) is 37.3 Å². The Kier molecular flexibility index (Phi) is 7.28. The second-order valence-corrected chi connectivity index (χ2v) is 6.98. The van der Waals surface area contributed by atoms with E-state index in [1.165, 1.54) is 30.0 Å². The second-order valence-electron chi connectivity index (χ2n) is 6.04. The lowest BCUT2D eigenvalue weighted by molar-refractivity contribution is -0.113. The molecule has 0 unspecified atom stereocenters. The summed E-state index contributed by atoms with van der Waals surface area (Å²) in [6.45, 7) is 4.16. The van der Waals surface area contributed by atoms with Crippen molar-refractivity contribution in [3.05, 3.63) is 78.7 Å². The normalized spacial score (nSPS) is 10.4. The molecule has 2 heterocycles. The predicted octanol–water partition coefficient (Wildman–Crippen LogP) is 2.66. The third-order valence-corrected chi connectivity index (χ3v) is 4.88. The first-order valence-electron chi connectivity index (χ1n) is 8.97. The number of rotatable bonds is 9. The summed E-state index contributed by atoms with van der Waals surface area (Å²) in [5.74, 6) is -0.777. The fraction of sp³-hybridized carbons (Fsp3) is 0.150. The Labute approximate surface area is 176 Å². The fourth-order valence-electron chi connectivity index (χ4n) is 2.53. The molecular formula is C20H19FN6O2S. The topological polar surface area (TPSA) is 102 Å². The first kappa shape index (κ1) is 21.2. The minimum absolute atomic E-state index is 0.0473. The fourth-order valence-corrected chi connectivity index (χ4v) is 3.30. The van der Waals surface area contributed by atoms with Crippen LogP contribution in [-0.2, 0) is 17.9 Å². The standard InChI is InChI=1S/C20H19FN6O2S/c1-2-10-27-17(12-23-19(29)15-7-3-4-8-16(15)21)25-26-20(27)30-13-18(28)24-14-6-5-9-22-11-14/h2-9,11H,1,10,12-13H2,(H,23,29)(H,24,28). The summed E-state index contributed by atoms with van der Waals surface area (Å²) in [7, 11) is 0. The van der Waals surface area contributed by atoms with Crippen molar-refractivity contribution in [1.82, 2.24) is 25.1 Å². The first-order valence-corrected chi connectivity index (χ1v) is 9.95. The highest BCUT2D eigenvalue weighted by molar-refractivity contribution is 7.99. The number of pyridine rings is 1. The Hall–Kier alpha value is -3.53. The molecule has 10 heteroatoms. The van der Waals surface area contributed by atoms with Crippen molar-refractivity contribution in [2.45, 2.75) is 18.2 Å². The van der Waals surface area contributed by atoms with Gasteiger partial charge in [0.15, 0.2) is 11.0 Å². The Morgan fingerprint density at radius 1 is 1.20 bits per heavy atom. The van der Waals surface area contributed by atoms with Crippen LogP contribution in [0.4, 0.5) is 10.1 Å². The van der Waals surface area contributed by atoms with Crippen molar-refractivity contribution >= 4 is 29.3 Å². The molecule has 0 radical (unpaired) electrons. The minimum Gasteiger partial charge on any atom is -0.345 e. The van der Waals surface area contributed by atoms with Crippen molar-refractivity contribution in [1.29, 1.82) is 0 Å². The molecule has 2 amide bonds. The number of carbonyl (C=O) groups excluding carboxylic acids is 2. The van der Waals surface area contributed by atoms with E-state index in [0.29, 0.717) is 23.2 Å². The van der Waals surface area contributed by atoms with Crippen LogP contribution in [0.5, 0.6) is 0 Å². The molecule has 0 fully saturated rings. The maximum Gasteiger partial charge on any atom is 0.254 e. The van der Waals surface area contributed by atoms with Gasteiger partial charge in [-0.2, -0.15) is 0 Å². The quantitative estimate of drug-likeness (QED) is 0.403. The molecule has 0 saturated heterocycles. The Morgan fingerprint density at radius 2 is 2.03 bits per heavy atom.